The molecule has 1 amide bonds. The monoisotopic (exact) mass is 261 g/mol. The van der Waals surface area contributed by atoms with E-state index < -0.39 is 11.7 Å². The zero-order valence-electron chi connectivity index (χ0n) is 8.60. The highest BCUT2D eigenvalue weighted by Gasteiger charge is 2.33. The number of carbonyl (C=O) groups excluding carboxylic acids is 2. The normalized spacial score (nSPS) is 15.5. The minimum atomic E-state index is -0.545. The molecule has 3 heterocycles. The number of rotatable bonds is 2. The average Bonchev–Trinajstić information content (AvgIpc) is 3.01. The lowest BCUT2D eigenvalue weighted by atomic mass is 10.1. The predicted molar refractivity (Wildman–Crippen MR) is 68.6 cm³/mol. The maximum Gasteiger partial charge on any atom is 0.296 e. The molecule has 0 atom stereocenters. The minimum Gasteiger partial charge on any atom is -0.317 e. The highest BCUT2D eigenvalue weighted by molar-refractivity contribution is 7.13. The van der Waals surface area contributed by atoms with Crippen LogP contribution >= 0.6 is 22.7 Å². The van der Waals surface area contributed by atoms with Gasteiger partial charge in [0.2, 0.25) is 0 Å². The Bertz CT molecular complexity index is 609. The zero-order valence-corrected chi connectivity index (χ0v) is 10.2. The zero-order chi connectivity index (χ0) is 11.8. The number of hydrogen-bond donors (Lipinski definition) is 1. The number of nitrogens with one attached hydrogen (secondary N) is 1. The van der Waals surface area contributed by atoms with E-state index in [1.54, 1.807) is 0 Å². The van der Waals surface area contributed by atoms with Gasteiger partial charge in [-0.05, 0) is 22.9 Å². The van der Waals surface area contributed by atoms with Gasteiger partial charge in [-0.3, -0.25) is 9.59 Å². The summed E-state index contributed by atoms with van der Waals surface area (Å²) in [5, 5.41) is 6.47. The molecule has 1 aliphatic rings. The Morgan fingerprint density at radius 2 is 1.59 bits per heavy atom. The third kappa shape index (κ3) is 1.64. The quantitative estimate of drug-likeness (QED) is 0.844. The van der Waals surface area contributed by atoms with E-state index in [4.69, 9.17) is 0 Å². The maximum atomic E-state index is 11.9. The summed E-state index contributed by atoms with van der Waals surface area (Å²) in [6.45, 7) is 0. The third-order valence-electron chi connectivity index (χ3n) is 2.46. The van der Waals surface area contributed by atoms with Crippen LogP contribution < -0.4 is 5.32 Å². The van der Waals surface area contributed by atoms with Gasteiger partial charge in [0.1, 0.15) is 0 Å². The Balaban J connectivity index is 2.20. The van der Waals surface area contributed by atoms with E-state index in [1.165, 1.54) is 22.7 Å². The molecule has 5 heteroatoms. The van der Waals surface area contributed by atoms with Gasteiger partial charge in [-0.25, -0.2) is 0 Å². The van der Waals surface area contributed by atoms with Crippen LogP contribution in [-0.4, -0.2) is 11.7 Å². The van der Waals surface area contributed by atoms with Crippen LogP contribution in [0.25, 0.3) is 11.3 Å². The first kappa shape index (κ1) is 10.4. The van der Waals surface area contributed by atoms with Crippen LogP contribution in [0.15, 0.2) is 35.0 Å². The Labute approximate surface area is 105 Å². The van der Waals surface area contributed by atoms with E-state index in [0.29, 0.717) is 11.3 Å². The first-order valence-corrected chi connectivity index (χ1v) is 6.71. The molecule has 0 saturated carbocycles. The van der Waals surface area contributed by atoms with Crippen molar-refractivity contribution in [2.24, 2.45) is 0 Å². The van der Waals surface area contributed by atoms with E-state index >= 15 is 0 Å². The molecule has 0 saturated heterocycles. The van der Waals surface area contributed by atoms with Crippen molar-refractivity contribution in [1.29, 1.82) is 0 Å². The van der Waals surface area contributed by atoms with Crippen molar-refractivity contribution in [3.05, 3.63) is 44.8 Å². The second kappa shape index (κ2) is 3.94. The Hall–Kier alpha value is -1.72. The van der Waals surface area contributed by atoms with Crippen LogP contribution in [0.4, 0.5) is 0 Å². The van der Waals surface area contributed by atoms with Crippen LogP contribution in [0.2, 0.25) is 0 Å². The van der Waals surface area contributed by atoms with Crippen LogP contribution in [0, 0.1) is 0 Å². The van der Waals surface area contributed by atoms with Crippen molar-refractivity contribution in [2.75, 3.05) is 0 Å². The van der Waals surface area contributed by atoms with Gasteiger partial charge in [-0.2, -0.15) is 0 Å². The van der Waals surface area contributed by atoms with Crippen molar-refractivity contribution in [1.82, 2.24) is 5.32 Å². The van der Waals surface area contributed by atoms with Gasteiger partial charge >= 0.3 is 0 Å². The molecule has 2 aromatic heterocycles. The summed E-state index contributed by atoms with van der Waals surface area (Å²) in [6.07, 6.45) is 0. The smallest absolute Gasteiger partial charge is 0.296 e. The summed E-state index contributed by atoms with van der Waals surface area (Å²) in [6, 6.07) is 7.52. The lowest BCUT2D eigenvalue weighted by molar-refractivity contribution is -0.133. The van der Waals surface area contributed by atoms with Gasteiger partial charge in [-0.15, -0.1) is 22.7 Å². The molecule has 3 rings (SSSR count). The summed E-state index contributed by atoms with van der Waals surface area (Å²) in [5.74, 6) is -0.993. The first-order chi connectivity index (χ1) is 8.27. The highest BCUT2D eigenvalue weighted by atomic mass is 32.1. The number of ketones is 1. The molecule has 3 nitrogen and oxygen atoms in total. The topological polar surface area (TPSA) is 46.2 Å². The molecule has 0 aliphatic carbocycles. The fourth-order valence-electron chi connectivity index (χ4n) is 1.72. The fourth-order valence-corrected chi connectivity index (χ4v) is 3.23. The first-order valence-electron chi connectivity index (χ1n) is 4.95. The van der Waals surface area contributed by atoms with E-state index in [-0.39, 0.29) is 0 Å². The largest absolute Gasteiger partial charge is 0.317 e. The molecular formula is C12H7NO2S2. The van der Waals surface area contributed by atoms with Gasteiger partial charge in [-0.1, -0.05) is 12.1 Å². The molecule has 17 heavy (non-hydrogen) atoms. The molecule has 2 aromatic rings. The summed E-state index contributed by atoms with van der Waals surface area (Å²) in [4.78, 5) is 25.1. The van der Waals surface area contributed by atoms with Gasteiger partial charge in [0.15, 0.2) is 0 Å². The molecule has 1 N–H and O–H groups in total. The molecule has 0 unspecified atom stereocenters. The van der Waals surface area contributed by atoms with E-state index in [9.17, 15) is 9.59 Å². The molecule has 84 valence electrons. The SMILES string of the molecule is O=C1NC(c2cccs2)=C(c2cccs2)C1=O. The van der Waals surface area contributed by atoms with Crippen molar-refractivity contribution >= 4 is 45.6 Å². The lowest BCUT2D eigenvalue weighted by Crippen LogP contribution is -2.20. The Morgan fingerprint density at radius 1 is 0.941 bits per heavy atom. The standard InChI is InChI=1S/C12H7NO2S2/c14-11-9(7-3-1-5-16-7)10(13-12(11)15)8-4-2-6-17-8/h1-6H,(H,13,14,15). The molecule has 0 aromatic carbocycles. The summed E-state index contributed by atoms with van der Waals surface area (Å²) >= 11 is 2.97. The molecule has 1 aliphatic heterocycles. The number of hydrogen-bond acceptors (Lipinski definition) is 4. The predicted octanol–water partition coefficient (Wildman–Crippen LogP) is 2.38. The Morgan fingerprint density at radius 3 is 2.18 bits per heavy atom. The molecule has 0 spiro atoms. The fraction of sp³-hybridized carbons (Fsp3) is 0. The van der Waals surface area contributed by atoms with Crippen molar-refractivity contribution in [2.45, 2.75) is 0 Å². The second-order valence-corrected chi connectivity index (χ2v) is 5.38. The van der Waals surface area contributed by atoms with E-state index in [2.05, 4.69) is 5.32 Å². The average molecular weight is 261 g/mol. The summed E-state index contributed by atoms with van der Waals surface area (Å²) < 4.78 is 0. The Kier molecular flexibility index (Phi) is 2.42. The summed E-state index contributed by atoms with van der Waals surface area (Å²) in [5.41, 5.74) is 1.13. The van der Waals surface area contributed by atoms with Gasteiger partial charge < -0.3 is 5.32 Å². The maximum absolute atomic E-state index is 11.9. The van der Waals surface area contributed by atoms with Crippen LogP contribution in [0.5, 0.6) is 0 Å². The number of Topliss-reactive ketones (excluding diaryl/α,β-unsaturated/α-hetero) is 1. The lowest BCUT2D eigenvalue weighted by Gasteiger charge is -2.00. The van der Waals surface area contributed by atoms with Crippen molar-refractivity contribution in [3.8, 4) is 0 Å². The van der Waals surface area contributed by atoms with Crippen molar-refractivity contribution < 1.29 is 9.59 Å². The molecular weight excluding hydrogens is 254 g/mol. The van der Waals surface area contributed by atoms with E-state index in [1.807, 2.05) is 35.0 Å². The number of thiophene rings is 2. The van der Waals surface area contributed by atoms with Crippen LogP contribution in [0.3, 0.4) is 0 Å². The summed E-state index contributed by atoms with van der Waals surface area (Å²) in [7, 11) is 0. The minimum absolute atomic E-state index is 0.448. The molecule has 0 radical (unpaired) electrons. The number of carbonyl (C=O) groups is 2. The van der Waals surface area contributed by atoms with Gasteiger partial charge in [0.05, 0.1) is 16.1 Å². The molecule has 0 bridgehead atoms. The van der Waals surface area contributed by atoms with Gasteiger partial charge in [0, 0.05) is 4.88 Å². The van der Waals surface area contributed by atoms with Crippen molar-refractivity contribution in [3.63, 3.8) is 0 Å². The third-order valence-corrected chi connectivity index (χ3v) is 4.23. The second-order valence-electron chi connectivity index (χ2n) is 3.49. The number of amides is 1. The van der Waals surface area contributed by atoms with E-state index in [0.717, 1.165) is 9.75 Å². The molecule has 0 fully saturated rings. The van der Waals surface area contributed by atoms with Crippen LogP contribution in [-0.2, 0) is 9.59 Å². The highest BCUT2D eigenvalue weighted by Crippen LogP contribution is 2.33. The van der Waals surface area contributed by atoms with Gasteiger partial charge in [0.25, 0.3) is 11.7 Å². The van der Waals surface area contributed by atoms with Crippen LogP contribution in [0.1, 0.15) is 9.75 Å².